The van der Waals surface area contributed by atoms with Gasteiger partial charge in [0.1, 0.15) is 22.9 Å². The molecule has 4 aliphatic rings. The van der Waals surface area contributed by atoms with Crippen molar-refractivity contribution in [2.45, 2.75) is 115 Å². The van der Waals surface area contributed by atoms with Gasteiger partial charge in [0.15, 0.2) is 0 Å². The largest absolute Gasteiger partial charge is 0.444 e. The fraction of sp³-hybridized carbons (Fsp3) is 0.455. The molecule has 58 heavy (non-hydrogen) atoms. The van der Waals surface area contributed by atoms with Gasteiger partial charge in [-0.05, 0) is 126 Å². The molecule has 304 valence electrons. The molecule has 3 fully saturated rings. The van der Waals surface area contributed by atoms with E-state index in [0.29, 0.717) is 52.5 Å². The molecule has 0 spiro atoms. The summed E-state index contributed by atoms with van der Waals surface area (Å²) in [6.07, 6.45) is 4.72. The zero-order valence-electron chi connectivity index (χ0n) is 33.3. The molecule has 1 saturated carbocycles. The lowest BCUT2D eigenvalue weighted by molar-refractivity contribution is -0.225. The van der Waals surface area contributed by atoms with Gasteiger partial charge in [0.05, 0.1) is 35.0 Å². The highest BCUT2D eigenvalue weighted by atomic mass is 19.3. The van der Waals surface area contributed by atoms with Gasteiger partial charge in [-0.2, -0.15) is 17.6 Å². The Bertz CT molecular complexity index is 2460. The summed E-state index contributed by atoms with van der Waals surface area (Å²) >= 11 is 0. The first-order valence-electron chi connectivity index (χ1n) is 19.9. The minimum Gasteiger partial charge on any atom is -0.444 e. The lowest BCUT2D eigenvalue weighted by Crippen LogP contribution is -2.43. The number of ether oxygens (including phenoxy) is 2. The summed E-state index contributed by atoms with van der Waals surface area (Å²) in [5.41, 5.74) is -0.0383. The second kappa shape index (κ2) is 13.1. The van der Waals surface area contributed by atoms with Gasteiger partial charge in [0.2, 0.25) is 0 Å². The number of likely N-dealkylation sites (tertiary alicyclic amines) is 2. The Balaban J connectivity index is 1.01. The smallest absolute Gasteiger partial charge is 0.411 e. The van der Waals surface area contributed by atoms with E-state index in [9.17, 15) is 9.59 Å². The summed E-state index contributed by atoms with van der Waals surface area (Å²) in [5, 5.41) is 0. The van der Waals surface area contributed by atoms with Crippen LogP contribution in [0, 0.1) is 5.92 Å². The number of H-pyrrole nitrogens is 2. The van der Waals surface area contributed by atoms with Crippen LogP contribution in [-0.2, 0) is 21.3 Å². The van der Waals surface area contributed by atoms with Crippen molar-refractivity contribution in [2.24, 2.45) is 5.92 Å². The van der Waals surface area contributed by atoms with Gasteiger partial charge in [0.25, 0.3) is 0 Å². The van der Waals surface area contributed by atoms with E-state index in [1.807, 2.05) is 20.8 Å². The standard InChI is InChI=1S/C44H46F4N6O4/c1-41(2,3)57-39(55)53-17-7-8-35(53)37-49-22-34(52-37)25-11-15-29-28-14-10-23(19-30(28)43(45,46)44(47,48)31(29)20-25)24-12-16-32-33(21-24)51-38(50-32)36-26-9-13-27(18-26)54(36)40(56)58-42(4,5)6/h10-12,14-16,19-22,26-27,35-36H,7-9,13,17-18H2,1-6H3,(H,49,52)(H,50,51)/t26-,27+,35-,36-/m0/s1. The number of aromatic amines is 2. The number of piperidine rings is 1. The number of fused-ring (bicyclic) bond motifs is 6. The Morgan fingerprint density at radius 3 is 2.07 bits per heavy atom. The third kappa shape index (κ3) is 6.30. The van der Waals surface area contributed by atoms with E-state index in [1.165, 1.54) is 18.3 Å². The van der Waals surface area contributed by atoms with Gasteiger partial charge in [-0.25, -0.2) is 19.6 Å². The lowest BCUT2D eigenvalue weighted by atomic mass is 9.78. The molecule has 0 unspecified atom stereocenters. The number of carbonyl (C=O) groups is 2. The van der Waals surface area contributed by atoms with Crippen molar-refractivity contribution in [1.82, 2.24) is 29.7 Å². The van der Waals surface area contributed by atoms with Crippen molar-refractivity contribution in [3.8, 4) is 33.5 Å². The minimum absolute atomic E-state index is 0.0157. The van der Waals surface area contributed by atoms with Gasteiger partial charge in [0, 0.05) is 29.3 Å². The summed E-state index contributed by atoms with van der Waals surface area (Å²) < 4.78 is 75.9. The van der Waals surface area contributed by atoms with E-state index < -0.39 is 46.3 Å². The predicted octanol–water partition coefficient (Wildman–Crippen LogP) is 11.0. The monoisotopic (exact) mass is 798 g/mol. The highest BCUT2D eigenvalue weighted by Crippen LogP contribution is 2.59. The van der Waals surface area contributed by atoms with Crippen LogP contribution < -0.4 is 0 Å². The van der Waals surface area contributed by atoms with Gasteiger partial charge in [-0.15, -0.1) is 0 Å². The van der Waals surface area contributed by atoms with Crippen LogP contribution in [0.4, 0.5) is 27.2 Å². The quantitative estimate of drug-likeness (QED) is 0.175. The van der Waals surface area contributed by atoms with Crippen LogP contribution in [0.25, 0.3) is 44.5 Å². The zero-order valence-corrected chi connectivity index (χ0v) is 33.3. The molecule has 2 aliphatic carbocycles. The maximum atomic E-state index is 16.2. The molecule has 14 heteroatoms. The van der Waals surface area contributed by atoms with E-state index >= 15 is 17.6 Å². The maximum Gasteiger partial charge on any atom is 0.411 e. The average molecular weight is 799 g/mol. The van der Waals surface area contributed by atoms with E-state index in [4.69, 9.17) is 14.5 Å². The first-order valence-corrected chi connectivity index (χ1v) is 19.9. The van der Waals surface area contributed by atoms with Crippen LogP contribution in [0.1, 0.15) is 109 Å². The summed E-state index contributed by atoms with van der Waals surface area (Å²) in [6.45, 7) is 11.3. The van der Waals surface area contributed by atoms with Crippen LogP contribution in [-0.4, -0.2) is 65.7 Å². The molecule has 5 aromatic rings. The first-order chi connectivity index (χ1) is 27.3. The number of amides is 2. The minimum atomic E-state index is -4.53. The number of rotatable bonds is 4. The Morgan fingerprint density at radius 1 is 0.759 bits per heavy atom. The van der Waals surface area contributed by atoms with Crippen molar-refractivity contribution >= 4 is 23.2 Å². The van der Waals surface area contributed by atoms with Gasteiger partial charge in [-0.1, -0.05) is 30.3 Å². The molecule has 4 atom stereocenters. The number of nitrogens with zero attached hydrogens (tertiary/aromatic N) is 4. The number of carbonyl (C=O) groups excluding carboxylic acids is 2. The summed E-state index contributed by atoms with van der Waals surface area (Å²) in [4.78, 5) is 45.4. The van der Waals surface area contributed by atoms with Crippen molar-refractivity contribution in [3.05, 3.63) is 83.6 Å². The molecule has 3 aromatic carbocycles. The maximum absolute atomic E-state index is 16.2. The highest BCUT2D eigenvalue weighted by molar-refractivity contribution is 5.85. The summed E-state index contributed by atoms with van der Waals surface area (Å²) in [5.74, 6) is -7.74. The number of benzene rings is 3. The second-order valence-electron chi connectivity index (χ2n) is 18.1. The molecule has 2 bridgehead atoms. The normalized spacial score (nSPS) is 23.3. The van der Waals surface area contributed by atoms with Crippen LogP contribution in [0.2, 0.25) is 0 Å². The first kappa shape index (κ1) is 38.1. The topological polar surface area (TPSA) is 116 Å². The number of nitrogens with one attached hydrogen (secondary N) is 2. The third-order valence-electron chi connectivity index (χ3n) is 11.8. The van der Waals surface area contributed by atoms with E-state index in [0.717, 1.165) is 37.8 Å². The number of hydrogen-bond donors (Lipinski definition) is 2. The molecular formula is C44H46F4N6O4. The molecule has 9 rings (SSSR count). The number of aromatic nitrogens is 4. The molecule has 2 saturated heterocycles. The van der Waals surface area contributed by atoms with Crippen LogP contribution in [0.5, 0.6) is 0 Å². The zero-order chi connectivity index (χ0) is 41.1. The van der Waals surface area contributed by atoms with Crippen LogP contribution in [0.15, 0.2) is 60.8 Å². The van der Waals surface area contributed by atoms with E-state index in [1.54, 1.807) is 60.9 Å². The number of hydrogen-bond acceptors (Lipinski definition) is 6. The Labute approximate surface area is 333 Å². The number of alkyl halides is 4. The third-order valence-corrected chi connectivity index (χ3v) is 11.8. The summed E-state index contributed by atoms with van der Waals surface area (Å²) in [7, 11) is 0. The van der Waals surface area contributed by atoms with Crippen molar-refractivity contribution in [3.63, 3.8) is 0 Å². The fourth-order valence-corrected chi connectivity index (χ4v) is 9.27. The molecular weight excluding hydrogens is 753 g/mol. The highest BCUT2D eigenvalue weighted by Gasteiger charge is 2.63. The molecule has 0 radical (unpaired) electrons. The molecule has 4 heterocycles. The Hall–Kier alpha value is -5.40. The van der Waals surface area contributed by atoms with Crippen molar-refractivity contribution in [2.75, 3.05) is 6.54 Å². The van der Waals surface area contributed by atoms with Crippen LogP contribution >= 0.6 is 0 Å². The number of halogens is 4. The molecule has 2 N–H and O–H groups in total. The lowest BCUT2D eigenvalue weighted by Gasteiger charge is -2.35. The van der Waals surface area contributed by atoms with Crippen LogP contribution in [0.3, 0.4) is 0 Å². The summed E-state index contributed by atoms with van der Waals surface area (Å²) in [6, 6.07) is 13.1. The van der Waals surface area contributed by atoms with E-state index in [2.05, 4.69) is 15.0 Å². The fourth-order valence-electron chi connectivity index (χ4n) is 9.27. The van der Waals surface area contributed by atoms with Gasteiger partial charge in [-0.3, -0.25) is 9.80 Å². The molecule has 2 amide bonds. The predicted molar refractivity (Wildman–Crippen MR) is 209 cm³/mol. The second-order valence-corrected chi connectivity index (χ2v) is 18.1. The Morgan fingerprint density at radius 2 is 1.38 bits per heavy atom. The van der Waals surface area contributed by atoms with Gasteiger partial charge >= 0.3 is 24.0 Å². The SMILES string of the molecule is CC(C)(C)OC(=O)N1CCC[C@H]1c1ncc(-c2ccc3c(c2)C(F)(F)C(F)(F)c2cc(-c4ccc5nc([C@@H]6[C@H]7CC[C@H](C7)N6C(=O)OC(C)(C)C)[nH]c5c4)ccc2-3)[nH]1. The van der Waals surface area contributed by atoms with Crippen molar-refractivity contribution in [1.29, 1.82) is 0 Å². The van der Waals surface area contributed by atoms with E-state index in [-0.39, 0.29) is 40.8 Å². The Kier molecular flexibility index (Phi) is 8.58. The number of imidazole rings is 2. The van der Waals surface area contributed by atoms with Gasteiger partial charge < -0.3 is 19.4 Å². The van der Waals surface area contributed by atoms with Crippen molar-refractivity contribution < 1.29 is 36.6 Å². The molecule has 2 aliphatic heterocycles. The average Bonchev–Trinajstić information content (AvgIpc) is 4.00. The molecule has 10 nitrogen and oxygen atoms in total. The molecule has 2 aromatic heterocycles.